The molecule has 1 aromatic carbocycles. The molecule has 2 aliphatic heterocycles. The van der Waals surface area contributed by atoms with Crippen molar-refractivity contribution in [3.05, 3.63) is 24.3 Å². The summed E-state index contributed by atoms with van der Waals surface area (Å²) in [6.07, 6.45) is 1.89. The third-order valence-corrected chi connectivity index (χ3v) is 6.48. The molecule has 3 rings (SSSR count). The first-order valence-corrected chi connectivity index (χ1v) is 9.49. The second-order valence-corrected chi connectivity index (χ2v) is 8.09. The number of piperidine rings is 1. The van der Waals surface area contributed by atoms with E-state index in [2.05, 4.69) is 5.32 Å². The van der Waals surface area contributed by atoms with Crippen LogP contribution < -0.4 is 10.1 Å². The molecule has 2 atom stereocenters. The summed E-state index contributed by atoms with van der Waals surface area (Å²) in [7, 11) is -3.39. The van der Waals surface area contributed by atoms with Crippen molar-refractivity contribution < 1.29 is 13.2 Å². The van der Waals surface area contributed by atoms with Crippen molar-refractivity contribution in [3.8, 4) is 5.75 Å². The summed E-state index contributed by atoms with van der Waals surface area (Å²) in [5, 5.41) is 3.37. The quantitative estimate of drug-likeness (QED) is 0.896. The van der Waals surface area contributed by atoms with E-state index in [1.165, 1.54) is 0 Å². The number of rotatable bonds is 5. The van der Waals surface area contributed by atoms with Crippen molar-refractivity contribution in [3.63, 3.8) is 0 Å². The fourth-order valence-electron chi connectivity index (χ4n) is 3.30. The number of nitrogens with one attached hydrogen (secondary N) is 1. The zero-order valence-electron chi connectivity index (χ0n) is 13.0. The van der Waals surface area contributed by atoms with E-state index in [-0.39, 0.29) is 0 Å². The molecule has 2 unspecified atom stereocenters. The largest absolute Gasteiger partial charge is 0.494 e. The van der Waals surface area contributed by atoms with E-state index < -0.39 is 10.0 Å². The van der Waals surface area contributed by atoms with Gasteiger partial charge in [0.15, 0.2) is 0 Å². The average Bonchev–Trinajstić information content (AvgIpc) is 3.01. The lowest BCUT2D eigenvalue weighted by Gasteiger charge is -2.33. The van der Waals surface area contributed by atoms with E-state index in [0.717, 1.165) is 31.7 Å². The molecule has 2 saturated heterocycles. The van der Waals surface area contributed by atoms with Gasteiger partial charge >= 0.3 is 0 Å². The van der Waals surface area contributed by atoms with Crippen LogP contribution in [-0.2, 0) is 10.0 Å². The number of ether oxygens (including phenoxy) is 1. The van der Waals surface area contributed by atoms with Crippen molar-refractivity contribution in [1.82, 2.24) is 9.62 Å². The van der Waals surface area contributed by atoms with Crippen LogP contribution in [0.25, 0.3) is 0 Å². The van der Waals surface area contributed by atoms with E-state index in [9.17, 15) is 8.42 Å². The Balaban J connectivity index is 1.72. The number of hydrogen-bond donors (Lipinski definition) is 1. The molecule has 5 nitrogen and oxygen atoms in total. The molecule has 0 aromatic heterocycles. The highest BCUT2D eigenvalue weighted by atomic mass is 32.2. The molecule has 0 radical (unpaired) electrons. The van der Waals surface area contributed by atoms with E-state index in [0.29, 0.717) is 36.4 Å². The molecule has 0 spiro atoms. The van der Waals surface area contributed by atoms with Crippen LogP contribution in [0.5, 0.6) is 5.75 Å². The Bertz CT molecular complexity index is 600. The average molecular weight is 324 g/mol. The van der Waals surface area contributed by atoms with Gasteiger partial charge in [-0.15, -0.1) is 0 Å². The van der Waals surface area contributed by atoms with Crippen LogP contribution >= 0.6 is 0 Å². The van der Waals surface area contributed by atoms with E-state index in [1.807, 2.05) is 6.92 Å². The van der Waals surface area contributed by atoms with Crippen molar-refractivity contribution in [2.45, 2.75) is 24.7 Å². The van der Waals surface area contributed by atoms with E-state index in [1.54, 1.807) is 28.6 Å². The molecule has 0 bridgehead atoms. The van der Waals surface area contributed by atoms with Crippen LogP contribution in [0.4, 0.5) is 0 Å². The van der Waals surface area contributed by atoms with Crippen LogP contribution in [0.3, 0.4) is 0 Å². The predicted molar refractivity (Wildman–Crippen MR) is 85.5 cm³/mol. The van der Waals surface area contributed by atoms with E-state index >= 15 is 0 Å². The lowest BCUT2D eigenvalue weighted by molar-refractivity contribution is 0.228. The zero-order chi connectivity index (χ0) is 15.6. The Morgan fingerprint density at radius 2 is 1.95 bits per heavy atom. The van der Waals surface area contributed by atoms with Crippen LogP contribution in [-0.4, -0.2) is 45.5 Å². The number of fused-ring (bicyclic) bond motifs is 1. The second kappa shape index (κ2) is 6.56. The van der Waals surface area contributed by atoms with Crippen molar-refractivity contribution >= 4 is 10.0 Å². The Hall–Kier alpha value is -1.11. The van der Waals surface area contributed by atoms with Gasteiger partial charge in [-0.1, -0.05) is 6.92 Å². The third kappa shape index (κ3) is 3.14. The van der Waals surface area contributed by atoms with Gasteiger partial charge in [0.25, 0.3) is 0 Å². The summed E-state index contributed by atoms with van der Waals surface area (Å²) in [6, 6.07) is 6.79. The highest BCUT2D eigenvalue weighted by molar-refractivity contribution is 7.89. The second-order valence-electron chi connectivity index (χ2n) is 6.15. The smallest absolute Gasteiger partial charge is 0.243 e. The summed E-state index contributed by atoms with van der Waals surface area (Å²) >= 11 is 0. The minimum absolute atomic E-state index is 0.362. The van der Waals surface area contributed by atoms with Gasteiger partial charge in [0.05, 0.1) is 11.5 Å². The molecular formula is C16H24N2O3S. The minimum atomic E-state index is -3.39. The lowest BCUT2D eigenvalue weighted by Crippen LogP contribution is -2.43. The first-order chi connectivity index (χ1) is 10.6. The third-order valence-electron chi connectivity index (χ3n) is 4.60. The van der Waals surface area contributed by atoms with Crippen LogP contribution in [0.1, 0.15) is 19.8 Å². The van der Waals surface area contributed by atoms with Crippen molar-refractivity contribution in [1.29, 1.82) is 0 Å². The first kappa shape index (κ1) is 15.8. The maximum Gasteiger partial charge on any atom is 0.243 e. The summed E-state index contributed by atoms with van der Waals surface area (Å²) in [5.41, 5.74) is 0. The summed E-state index contributed by atoms with van der Waals surface area (Å²) in [5.74, 6) is 1.81. The van der Waals surface area contributed by atoms with Crippen molar-refractivity contribution in [2.24, 2.45) is 11.8 Å². The molecule has 0 amide bonds. The maximum absolute atomic E-state index is 12.8. The Labute approximate surface area is 132 Å². The predicted octanol–water partition coefficient (Wildman–Crippen LogP) is 1.71. The van der Waals surface area contributed by atoms with Crippen molar-refractivity contribution in [2.75, 3.05) is 32.8 Å². The normalized spacial score (nSPS) is 25.9. The minimum Gasteiger partial charge on any atom is -0.494 e. The molecule has 1 N–H and O–H groups in total. The first-order valence-electron chi connectivity index (χ1n) is 8.05. The fraction of sp³-hybridized carbons (Fsp3) is 0.625. The number of sulfonamides is 1. The molecule has 2 heterocycles. The summed E-state index contributed by atoms with van der Waals surface area (Å²) < 4.78 is 32.7. The molecule has 22 heavy (non-hydrogen) atoms. The lowest BCUT2D eigenvalue weighted by atomic mass is 9.90. The highest BCUT2D eigenvalue weighted by Gasteiger charge is 2.37. The molecule has 0 saturated carbocycles. The van der Waals surface area contributed by atoms with Crippen LogP contribution in [0.2, 0.25) is 0 Å². The van der Waals surface area contributed by atoms with Gasteiger partial charge in [-0.05, 0) is 62.0 Å². The van der Waals surface area contributed by atoms with Gasteiger partial charge in [-0.3, -0.25) is 0 Å². The Morgan fingerprint density at radius 3 is 2.68 bits per heavy atom. The summed E-state index contributed by atoms with van der Waals surface area (Å²) in [4.78, 5) is 0.362. The van der Waals surface area contributed by atoms with E-state index in [4.69, 9.17) is 4.74 Å². The van der Waals surface area contributed by atoms with Gasteiger partial charge in [-0.2, -0.15) is 4.31 Å². The Kier molecular flexibility index (Phi) is 4.70. The topological polar surface area (TPSA) is 58.6 Å². The fourth-order valence-corrected chi connectivity index (χ4v) is 4.81. The number of hydrogen-bond acceptors (Lipinski definition) is 4. The Morgan fingerprint density at radius 1 is 1.23 bits per heavy atom. The molecule has 1 aromatic rings. The van der Waals surface area contributed by atoms with Gasteiger partial charge in [0.1, 0.15) is 5.75 Å². The SMILES string of the molecule is CCCOc1ccc(S(=O)(=O)N2CCC3CNCC3C2)cc1. The van der Waals surface area contributed by atoms with Crippen LogP contribution in [0.15, 0.2) is 29.2 Å². The monoisotopic (exact) mass is 324 g/mol. The van der Waals surface area contributed by atoms with Gasteiger partial charge in [-0.25, -0.2) is 8.42 Å². The molecule has 0 aliphatic carbocycles. The summed E-state index contributed by atoms with van der Waals surface area (Å²) in [6.45, 7) is 5.91. The van der Waals surface area contributed by atoms with Gasteiger partial charge in [0.2, 0.25) is 10.0 Å². The van der Waals surface area contributed by atoms with Crippen LogP contribution in [0, 0.1) is 11.8 Å². The standard InChI is InChI=1S/C16H24N2O3S/c1-2-9-21-15-3-5-16(6-4-15)22(19,20)18-8-7-13-10-17-11-14(13)12-18/h3-6,13-14,17H,2,7-12H2,1H3. The molecule has 2 fully saturated rings. The molecule has 122 valence electrons. The molecular weight excluding hydrogens is 300 g/mol. The number of nitrogens with zero attached hydrogens (tertiary/aromatic N) is 1. The zero-order valence-corrected chi connectivity index (χ0v) is 13.8. The highest BCUT2D eigenvalue weighted by Crippen LogP contribution is 2.30. The molecule has 6 heteroatoms. The maximum atomic E-state index is 12.8. The number of benzene rings is 1. The molecule has 2 aliphatic rings. The van der Waals surface area contributed by atoms with Gasteiger partial charge in [0, 0.05) is 13.1 Å². The van der Waals surface area contributed by atoms with Gasteiger partial charge < -0.3 is 10.1 Å².